The van der Waals surface area contributed by atoms with Crippen molar-refractivity contribution in [2.24, 2.45) is 5.92 Å². The van der Waals surface area contributed by atoms with Crippen LogP contribution in [0.4, 0.5) is 0 Å². The standard InChI is InChI=1S/C11H20O3/c1-5-14-7-10(11(12)13)9(4)6-8(2)3/h8H,5-7H2,1-4H3,(H,12,13). The molecule has 0 amide bonds. The summed E-state index contributed by atoms with van der Waals surface area (Å²) in [5, 5.41) is 8.95. The maximum absolute atomic E-state index is 10.9. The third-order valence-electron chi connectivity index (χ3n) is 1.94. The van der Waals surface area contributed by atoms with Gasteiger partial charge in [-0.05, 0) is 26.2 Å². The maximum atomic E-state index is 10.9. The summed E-state index contributed by atoms with van der Waals surface area (Å²) in [6.45, 7) is 8.63. The third kappa shape index (κ3) is 5.02. The van der Waals surface area contributed by atoms with E-state index in [4.69, 9.17) is 9.84 Å². The Morgan fingerprint density at radius 3 is 2.36 bits per heavy atom. The van der Waals surface area contributed by atoms with Crippen LogP contribution in [0.25, 0.3) is 0 Å². The second-order valence-electron chi connectivity index (χ2n) is 3.80. The van der Waals surface area contributed by atoms with Gasteiger partial charge in [0.2, 0.25) is 0 Å². The molecule has 0 saturated heterocycles. The second kappa shape index (κ2) is 6.60. The number of carboxylic acids is 1. The molecule has 0 aliphatic heterocycles. The smallest absolute Gasteiger partial charge is 0.333 e. The Kier molecular flexibility index (Phi) is 6.21. The van der Waals surface area contributed by atoms with Crippen LogP contribution in [0, 0.1) is 5.92 Å². The number of allylic oxidation sites excluding steroid dienone is 1. The highest BCUT2D eigenvalue weighted by atomic mass is 16.5. The fourth-order valence-corrected chi connectivity index (χ4v) is 1.31. The molecule has 0 spiro atoms. The molecule has 82 valence electrons. The van der Waals surface area contributed by atoms with Crippen LogP contribution in [0.1, 0.15) is 34.1 Å². The van der Waals surface area contributed by atoms with Gasteiger partial charge < -0.3 is 9.84 Å². The number of hydrogen-bond donors (Lipinski definition) is 1. The van der Waals surface area contributed by atoms with E-state index in [1.54, 1.807) is 0 Å². The largest absolute Gasteiger partial charge is 0.478 e. The van der Waals surface area contributed by atoms with Crippen LogP contribution >= 0.6 is 0 Å². The summed E-state index contributed by atoms with van der Waals surface area (Å²) in [7, 11) is 0. The minimum absolute atomic E-state index is 0.213. The molecule has 0 aromatic carbocycles. The molecule has 3 nitrogen and oxygen atoms in total. The molecule has 0 aliphatic carbocycles. The van der Waals surface area contributed by atoms with Crippen LogP contribution in [-0.4, -0.2) is 24.3 Å². The Balaban J connectivity index is 4.50. The second-order valence-corrected chi connectivity index (χ2v) is 3.80. The summed E-state index contributed by atoms with van der Waals surface area (Å²) < 4.78 is 5.12. The minimum Gasteiger partial charge on any atom is -0.478 e. The van der Waals surface area contributed by atoms with Gasteiger partial charge in [0.15, 0.2) is 0 Å². The number of aliphatic carboxylic acids is 1. The first-order valence-corrected chi connectivity index (χ1v) is 4.98. The van der Waals surface area contributed by atoms with Gasteiger partial charge in [0.05, 0.1) is 12.2 Å². The van der Waals surface area contributed by atoms with Gasteiger partial charge in [-0.1, -0.05) is 19.4 Å². The monoisotopic (exact) mass is 200 g/mol. The number of ether oxygens (including phenoxy) is 1. The molecule has 0 unspecified atom stereocenters. The van der Waals surface area contributed by atoms with E-state index in [1.807, 2.05) is 13.8 Å². The van der Waals surface area contributed by atoms with Crippen LogP contribution in [-0.2, 0) is 9.53 Å². The number of carboxylic acid groups (broad SMARTS) is 1. The van der Waals surface area contributed by atoms with E-state index >= 15 is 0 Å². The van der Waals surface area contributed by atoms with E-state index in [-0.39, 0.29) is 6.61 Å². The summed E-state index contributed by atoms with van der Waals surface area (Å²) in [4.78, 5) is 10.9. The van der Waals surface area contributed by atoms with E-state index in [9.17, 15) is 4.79 Å². The van der Waals surface area contributed by atoms with Crippen LogP contribution in [0.5, 0.6) is 0 Å². The molecule has 0 bridgehead atoms. The molecule has 0 atom stereocenters. The van der Waals surface area contributed by atoms with Crippen LogP contribution < -0.4 is 0 Å². The fraction of sp³-hybridized carbons (Fsp3) is 0.727. The SMILES string of the molecule is CCOCC(C(=O)O)=C(C)CC(C)C. The highest BCUT2D eigenvalue weighted by Gasteiger charge is 2.12. The Bertz CT molecular complexity index is 217. The Morgan fingerprint density at radius 1 is 1.43 bits per heavy atom. The summed E-state index contributed by atoms with van der Waals surface area (Å²) in [5.74, 6) is -0.387. The van der Waals surface area contributed by atoms with E-state index in [2.05, 4.69) is 13.8 Å². The molecule has 14 heavy (non-hydrogen) atoms. The van der Waals surface area contributed by atoms with Gasteiger partial charge in [0.25, 0.3) is 0 Å². The summed E-state index contributed by atoms with van der Waals surface area (Å²) in [6, 6.07) is 0. The molecule has 0 aromatic heterocycles. The number of rotatable bonds is 6. The van der Waals surface area contributed by atoms with Crippen molar-refractivity contribution in [3.05, 3.63) is 11.1 Å². The van der Waals surface area contributed by atoms with Crippen molar-refractivity contribution in [3.8, 4) is 0 Å². The van der Waals surface area contributed by atoms with Crippen molar-refractivity contribution in [1.29, 1.82) is 0 Å². The molecule has 0 aromatic rings. The van der Waals surface area contributed by atoms with Crippen LogP contribution in [0.3, 0.4) is 0 Å². The normalized spacial score (nSPS) is 12.9. The lowest BCUT2D eigenvalue weighted by molar-refractivity contribution is -0.133. The molecule has 0 saturated carbocycles. The molecule has 0 radical (unpaired) electrons. The average molecular weight is 200 g/mol. The van der Waals surface area contributed by atoms with Crippen molar-refractivity contribution in [3.63, 3.8) is 0 Å². The molecule has 0 rings (SSSR count). The zero-order valence-electron chi connectivity index (χ0n) is 9.46. The topological polar surface area (TPSA) is 46.5 Å². The van der Waals surface area contributed by atoms with Crippen molar-refractivity contribution in [2.45, 2.75) is 34.1 Å². The molecule has 1 N–H and O–H groups in total. The number of carbonyl (C=O) groups is 1. The van der Waals surface area contributed by atoms with Gasteiger partial charge in [-0.25, -0.2) is 4.79 Å². The Hall–Kier alpha value is -0.830. The van der Waals surface area contributed by atoms with Crippen molar-refractivity contribution < 1.29 is 14.6 Å². The highest BCUT2D eigenvalue weighted by Crippen LogP contribution is 2.15. The average Bonchev–Trinajstić information content (AvgIpc) is 2.02. The highest BCUT2D eigenvalue weighted by molar-refractivity contribution is 5.87. The van der Waals surface area contributed by atoms with Crippen molar-refractivity contribution in [1.82, 2.24) is 0 Å². The third-order valence-corrected chi connectivity index (χ3v) is 1.94. The van der Waals surface area contributed by atoms with E-state index < -0.39 is 5.97 Å². The summed E-state index contributed by atoms with van der Waals surface area (Å²) >= 11 is 0. The zero-order valence-corrected chi connectivity index (χ0v) is 9.46. The first-order chi connectivity index (χ1) is 6.49. The molecule has 0 aliphatic rings. The lowest BCUT2D eigenvalue weighted by Crippen LogP contribution is -2.11. The lowest BCUT2D eigenvalue weighted by atomic mass is 10.00. The quantitative estimate of drug-likeness (QED) is 0.670. The Labute approximate surface area is 85.8 Å². The van der Waals surface area contributed by atoms with Crippen LogP contribution in [0.2, 0.25) is 0 Å². The van der Waals surface area contributed by atoms with Gasteiger partial charge in [-0.15, -0.1) is 0 Å². The summed E-state index contributed by atoms with van der Waals surface area (Å²) in [5.41, 5.74) is 1.32. The van der Waals surface area contributed by atoms with Gasteiger partial charge in [0.1, 0.15) is 0 Å². The predicted molar refractivity (Wildman–Crippen MR) is 56.3 cm³/mol. The first kappa shape index (κ1) is 13.2. The van der Waals surface area contributed by atoms with Gasteiger partial charge >= 0.3 is 5.97 Å². The maximum Gasteiger partial charge on any atom is 0.333 e. The zero-order chi connectivity index (χ0) is 11.1. The summed E-state index contributed by atoms with van der Waals surface area (Å²) in [6.07, 6.45) is 0.814. The molecular formula is C11H20O3. The van der Waals surface area contributed by atoms with Gasteiger partial charge in [0, 0.05) is 6.61 Å². The molecule has 3 heteroatoms. The fourth-order valence-electron chi connectivity index (χ4n) is 1.31. The first-order valence-electron chi connectivity index (χ1n) is 4.98. The minimum atomic E-state index is -0.864. The lowest BCUT2D eigenvalue weighted by Gasteiger charge is -2.10. The van der Waals surface area contributed by atoms with E-state index in [0.29, 0.717) is 18.1 Å². The van der Waals surface area contributed by atoms with Gasteiger partial charge in [-0.3, -0.25) is 0 Å². The molecule has 0 heterocycles. The van der Waals surface area contributed by atoms with Crippen molar-refractivity contribution in [2.75, 3.05) is 13.2 Å². The van der Waals surface area contributed by atoms with E-state index in [0.717, 1.165) is 12.0 Å². The number of hydrogen-bond acceptors (Lipinski definition) is 2. The van der Waals surface area contributed by atoms with Crippen molar-refractivity contribution >= 4 is 5.97 Å². The molecule has 0 fully saturated rings. The van der Waals surface area contributed by atoms with Gasteiger partial charge in [-0.2, -0.15) is 0 Å². The van der Waals surface area contributed by atoms with Crippen LogP contribution in [0.15, 0.2) is 11.1 Å². The molecular weight excluding hydrogens is 180 g/mol. The predicted octanol–water partition coefficient (Wildman–Crippen LogP) is 2.47. The Morgan fingerprint density at radius 2 is 2.00 bits per heavy atom. The van der Waals surface area contributed by atoms with E-state index in [1.165, 1.54) is 0 Å².